The Balaban J connectivity index is 1.92. The topological polar surface area (TPSA) is 53.5 Å². The van der Waals surface area contributed by atoms with Gasteiger partial charge in [0.15, 0.2) is 0 Å². The largest absolute Gasteiger partial charge is 0.342 e. The van der Waals surface area contributed by atoms with E-state index >= 15 is 0 Å². The van der Waals surface area contributed by atoms with Gasteiger partial charge in [-0.05, 0) is 25.3 Å². The number of nitrogens with zero attached hydrogens (tertiary/aromatic N) is 3. The second kappa shape index (κ2) is 6.81. The van der Waals surface area contributed by atoms with Crippen LogP contribution in [-0.2, 0) is 4.79 Å². The lowest BCUT2D eigenvalue weighted by Gasteiger charge is -2.29. The fourth-order valence-corrected chi connectivity index (χ4v) is 3.91. The van der Waals surface area contributed by atoms with Crippen LogP contribution in [0.15, 0.2) is 36.5 Å². The van der Waals surface area contributed by atoms with Crippen LogP contribution in [0.25, 0.3) is 10.8 Å². The van der Waals surface area contributed by atoms with E-state index in [-0.39, 0.29) is 17.9 Å². The van der Waals surface area contributed by atoms with Gasteiger partial charge in [0.25, 0.3) is 5.91 Å². The average Bonchev–Trinajstić information content (AvgIpc) is 3.08. The minimum absolute atomic E-state index is 0.0106. The van der Waals surface area contributed by atoms with E-state index in [1.54, 1.807) is 34.8 Å². The van der Waals surface area contributed by atoms with Gasteiger partial charge in [-0.15, -0.1) is 11.8 Å². The van der Waals surface area contributed by atoms with E-state index in [1.807, 2.05) is 44.2 Å². The first kappa shape index (κ1) is 16.8. The van der Waals surface area contributed by atoms with Crippen LogP contribution in [0.5, 0.6) is 0 Å². The maximum atomic E-state index is 13.0. The van der Waals surface area contributed by atoms with E-state index in [1.165, 1.54) is 0 Å². The third-order valence-electron chi connectivity index (χ3n) is 4.43. The maximum absolute atomic E-state index is 13.0. The normalized spacial score (nSPS) is 17.5. The molecule has 1 aromatic heterocycles. The summed E-state index contributed by atoms with van der Waals surface area (Å²) >= 11 is 1.61. The first-order valence-corrected chi connectivity index (χ1v) is 9.15. The minimum Gasteiger partial charge on any atom is -0.342 e. The number of fused-ring (bicyclic) bond motifs is 1. The van der Waals surface area contributed by atoms with Gasteiger partial charge in [-0.2, -0.15) is 0 Å². The van der Waals surface area contributed by atoms with E-state index in [9.17, 15) is 9.59 Å². The first-order valence-electron chi connectivity index (χ1n) is 8.00. The maximum Gasteiger partial charge on any atom is 0.274 e. The summed E-state index contributed by atoms with van der Waals surface area (Å²) in [6, 6.07) is 9.27. The lowest BCUT2D eigenvalue weighted by atomic mass is 10.1. The van der Waals surface area contributed by atoms with Gasteiger partial charge in [0.1, 0.15) is 11.7 Å². The number of carbonyl (C=O) groups is 2. The lowest BCUT2D eigenvalue weighted by molar-refractivity contribution is -0.135. The van der Waals surface area contributed by atoms with Crippen molar-refractivity contribution in [3.05, 3.63) is 42.2 Å². The molecule has 0 bridgehead atoms. The Labute approximate surface area is 146 Å². The number of pyridine rings is 1. The summed E-state index contributed by atoms with van der Waals surface area (Å²) in [6.45, 7) is 3.94. The highest BCUT2D eigenvalue weighted by Gasteiger charge is 2.37. The van der Waals surface area contributed by atoms with Gasteiger partial charge in [0, 0.05) is 30.4 Å². The number of hydrogen-bond donors (Lipinski definition) is 0. The van der Waals surface area contributed by atoms with Crippen molar-refractivity contribution in [2.24, 2.45) is 0 Å². The average molecular weight is 343 g/mol. The van der Waals surface area contributed by atoms with Crippen LogP contribution in [0.1, 0.15) is 24.3 Å². The molecule has 2 aromatic rings. The Bertz CT molecular complexity index is 772. The van der Waals surface area contributed by atoms with Crippen LogP contribution in [0.4, 0.5) is 0 Å². The Morgan fingerprint density at radius 3 is 2.79 bits per heavy atom. The smallest absolute Gasteiger partial charge is 0.274 e. The molecule has 0 radical (unpaired) electrons. The molecule has 0 spiro atoms. The summed E-state index contributed by atoms with van der Waals surface area (Å²) < 4.78 is 0. The monoisotopic (exact) mass is 343 g/mol. The van der Waals surface area contributed by atoms with Crippen LogP contribution in [0.2, 0.25) is 0 Å². The Hall–Kier alpha value is -2.08. The molecule has 126 valence electrons. The molecule has 1 aliphatic heterocycles. The molecule has 0 saturated carbocycles. The van der Waals surface area contributed by atoms with Crippen molar-refractivity contribution in [3.63, 3.8) is 0 Å². The highest BCUT2D eigenvalue weighted by Crippen LogP contribution is 2.26. The lowest BCUT2D eigenvalue weighted by Crippen LogP contribution is -2.49. The third kappa shape index (κ3) is 2.98. The van der Waals surface area contributed by atoms with Crippen LogP contribution in [-0.4, -0.2) is 57.4 Å². The second-order valence-corrected chi connectivity index (χ2v) is 7.21. The van der Waals surface area contributed by atoms with Gasteiger partial charge in [0.05, 0.1) is 5.88 Å². The summed E-state index contributed by atoms with van der Waals surface area (Å²) in [5, 5.41) is 1.80. The van der Waals surface area contributed by atoms with Crippen molar-refractivity contribution in [3.8, 4) is 0 Å². The predicted octanol–water partition coefficient (Wildman–Crippen LogP) is 2.62. The zero-order valence-electron chi connectivity index (χ0n) is 14.1. The molecule has 1 atom stereocenters. The molecular formula is C18H21N3O2S. The number of amides is 2. The molecule has 1 saturated heterocycles. The highest BCUT2D eigenvalue weighted by atomic mass is 32.2. The van der Waals surface area contributed by atoms with Crippen LogP contribution in [0.3, 0.4) is 0 Å². The van der Waals surface area contributed by atoms with Crippen molar-refractivity contribution in [2.45, 2.75) is 25.9 Å². The molecule has 1 aromatic carbocycles. The van der Waals surface area contributed by atoms with Crippen molar-refractivity contribution in [1.82, 2.24) is 14.8 Å². The molecule has 2 heterocycles. The number of hydrogen-bond acceptors (Lipinski definition) is 4. The number of carbonyl (C=O) groups excluding carboxylic acids is 2. The Kier molecular flexibility index (Phi) is 4.76. The summed E-state index contributed by atoms with van der Waals surface area (Å²) in [5.74, 6) is 0.967. The molecule has 0 N–H and O–H groups in total. The Morgan fingerprint density at radius 1 is 1.29 bits per heavy atom. The fraction of sp³-hybridized carbons (Fsp3) is 0.389. The molecule has 0 aliphatic carbocycles. The van der Waals surface area contributed by atoms with Crippen LogP contribution >= 0.6 is 11.8 Å². The summed E-state index contributed by atoms with van der Waals surface area (Å²) in [7, 11) is 1.79. The summed E-state index contributed by atoms with van der Waals surface area (Å²) in [4.78, 5) is 33.4. The zero-order chi connectivity index (χ0) is 17.3. The SMILES string of the molecule is CC(C)N(C)C(=O)C1CSCN1C(=O)c1nccc2ccccc12. The van der Waals surface area contributed by atoms with E-state index in [2.05, 4.69) is 4.98 Å². The van der Waals surface area contributed by atoms with Crippen LogP contribution in [0, 0.1) is 0 Å². The van der Waals surface area contributed by atoms with Gasteiger partial charge >= 0.3 is 0 Å². The van der Waals surface area contributed by atoms with Gasteiger partial charge in [-0.25, -0.2) is 0 Å². The van der Waals surface area contributed by atoms with Gasteiger partial charge in [-0.3, -0.25) is 14.6 Å². The summed E-state index contributed by atoms with van der Waals surface area (Å²) in [5.41, 5.74) is 0.417. The van der Waals surface area contributed by atoms with Gasteiger partial charge < -0.3 is 9.80 Å². The van der Waals surface area contributed by atoms with Crippen molar-refractivity contribution in [2.75, 3.05) is 18.7 Å². The zero-order valence-corrected chi connectivity index (χ0v) is 14.9. The van der Waals surface area contributed by atoms with Gasteiger partial charge in [0.2, 0.25) is 5.91 Å². The Morgan fingerprint density at radius 2 is 2.04 bits per heavy atom. The second-order valence-electron chi connectivity index (χ2n) is 6.21. The molecule has 2 amide bonds. The minimum atomic E-state index is -0.421. The van der Waals surface area contributed by atoms with E-state index in [0.717, 1.165) is 10.8 Å². The van der Waals surface area contributed by atoms with Crippen molar-refractivity contribution < 1.29 is 9.59 Å². The van der Waals surface area contributed by atoms with Crippen LogP contribution < -0.4 is 0 Å². The number of likely N-dealkylation sites (N-methyl/N-ethyl adjacent to an activating group) is 1. The van der Waals surface area contributed by atoms with Crippen molar-refractivity contribution in [1.29, 1.82) is 0 Å². The molecule has 6 heteroatoms. The number of thioether (sulfide) groups is 1. The number of rotatable bonds is 3. The number of benzene rings is 1. The van der Waals surface area contributed by atoms with E-state index in [4.69, 9.17) is 0 Å². The third-order valence-corrected chi connectivity index (χ3v) is 5.44. The quantitative estimate of drug-likeness (QED) is 0.860. The molecule has 1 aliphatic rings. The molecule has 24 heavy (non-hydrogen) atoms. The van der Waals surface area contributed by atoms with Crippen molar-refractivity contribution >= 4 is 34.3 Å². The molecule has 1 unspecified atom stereocenters. The first-order chi connectivity index (χ1) is 11.5. The standard InChI is InChI=1S/C18H21N3O2S/c1-12(2)20(3)17(22)15-10-24-11-21(15)18(23)16-14-7-5-4-6-13(14)8-9-19-16/h4-9,12,15H,10-11H2,1-3H3. The fourth-order valence-electron chi connectivity index (χ4n) is 2.76. The predicted molar refractivity (Wildman–Crippen MR) is 96.9 cm³/mol. The van der Waals surface area contributed by atoms with E-state index in [0.29, 0.717) is 17.3 Å². The molecule has 1 fully saturated rings. The molecule has 3 rings (SSSR count). The number of aromatic nitrogens is 1. The molecule has 5 nitrogen and oxygen atoms in total. The molecular weight excluding hydrogens is 322 g/mol. The van der Waals surface area contributed by atoms with E-state index < -0.39 is 6.04 Å². The summed E-state index contributed by atoms with van der Waals surface area (Å²) in [6.07, 6.45) is 1.65. The van der Waals surface area contributed by atoms with Gasteiger partial charge in [-0.1, -0.05) is 24.3 Å². The highest BCUT2D eigenvalue weighted by molar-refractivity contribution is 7.99.